The SMILES string of the molecule is CCn1c(CNc2cccc(C(F)(F)F)c2)nnc1SCC(=O)Nc1ccccc1Cl. The number of thioether (sulfide) groups is 1. The fourth-order valence-electron chi connectivity index (χ4n) is 2.74. The molecule has 0 saturated heterocycles. The van der Waals surface area contributed by atoms with Crippen LogP contribution in [-0.2, 0) is 24.1 Å². The Hall–Kier alpha value is -2.72. The fourth-order valence-corrected chi connectivity index (χ4v) is 3.74. The quantitative estimate of drug-likeness (QED) is 0.437. The Labute approximate surface area is 186 Å². The first-order valence-corrected chi connectivity index (χ1v) is 10.6. The van der Waals surface area contributed by atoms with Crippen LogP contribution in [0.4, 0.5) is 24.5 Å². The summed E-state index contributed by atoms with van der Waals surface area (Å²) < 4.78 is 40.4. The molecule has 0 fully saturated rings. The van der Waals surface area contributed by atoms with E-state index in [0.717, 1.165) is 12.1 Å². The fraction of sp³-hybridized carbons (Fsp3) is 0.250. The predicted molar refractivity (Wildman–Crippen MR) is 115 cm³/mol. The second-order valence-corrected chi connectivity index (χ2v) is 7.74. The van der Waals surface area contributed by atoms with Crippen molar-refractivity contribution in [3.05, 3.63) is 64.9 Å². The molecule has 0 aliphatic carbocycles. The number of nitrogens with one attached hydrogen (secondary N) is 2. The number of anilines is 2. The van der Waals surface area contributed by atoms with Crippen molar-refractivity contribution in [2.24, 2.45) is 0 Å². The molecule has 6 nitrogen and oxygen atoms in total. The molecule has 2 aromatic carbocycles. The van der Waals surface area contributed by atoms with Crippen molar-refractivity contribution in [3.8, 4) is 0 Å². The molecule has 0 aliphatic rings. The summed E-state index contributed by atoms with van der Waals surface area (Å²) in [5, 5.41) is 14.9. The number of para-hydroxylation sites is 1. The van der Waals surface area contributed by atoms with Gasteiger partial charge in [0, 0.05) is 12.2 Å². The molecule has 1 heterocycles. The summed E-state index contributed by atoms with van der Waals surface area (Å²) in [5.41, 5.74) is 0.127. The maximum atomic E-state index is 12.9. The molecule has 0 atom stereocenters. The van der Waals surface area contributed by atoms with E-state index >= 15 is 0 Å². The lowest BCUT2D eigenvalue weighted by atomic mass is 10.2. The zero-order valence-corrected chi connectivity index (χ0v) is 18.0. The lowest BCUT2D eigenvalue weighted by Gasteiger charge is -2.11. The first-order valence-electron chi connectivity index (χ1n) is 9.28. The summed E-state index contributed by atoms with van der Waals surface area (Å²) in [6.45, 7) is 2.63. The number of hydrogen-bond acceptors (Lipinski definition) is 5. The molecule has 0 saturated carbocycles. The van der Waals surface area contributed by atoms with Crippen molar-refractivity contribution in [2.75, 3.05) is 16.4 Å². The Morgan fingerprint density at radius 1 is 1.16 bits per heavy atom. The Kier molecular flexibility index (Phi) is 7.45. The predicted octanol–water partition coefficient (Wildman–Crippen LogP) is 5.31. The van der Waals surface area contributed by atoms with Gasteiger partial charge in [0.2, 0.25) is 5.91 Å². The average Bonchev–Trinajstić information content (AvgIpc) is 3.14. The van der Waals surface area contributed by atoms with Crippen molar-refractivity contribution < 1.29 is 18.0 Å². The van der Waals surface area contributed by atoms with E-state index in [2.05, 4.69) is 20.8 Å². The molecule has 164 valence electrons. The van der Waals surface area contributed by atoms with E-state index in [1.165, 1.54) is 17.8 Å². The van der Waals surface area contributed by atoms with Crippen LogP contribution < -0.4 is 10.6 Å². The van der Waals surface area contributed by atoms with Crippen LogP contribution >= 0.6 is 23.4 Å². The molecule has 31 heavy (non-hydrogen) atoms. The van der Waals surface area contributed by atoms with Crippen LogP contribution in [-0.4, -0.2) is 26.4 Å². The minimum Gasteiger partial charge on any atom is -0.378 e. The summed E-state index contributed by atoms with van der Waals surface area (Å²) in [4.78, 5) is 12.2. The van der Waals surface area contributed by atoms with E-state index in [0.29, 0.717) is 33.9 Å². The molecule has 0 radical (unpaired) electrons. The molecule has 0 spiro atoms. The summed E-state index contributed by atoms with van der Waals surface area (Å²) in [6.07, 6.45) is -4.41. The number of benzene rings is 2. The van der Waals surface area contributed by atoms with Crippen LogP contribution in [0.2, 0.25) is 5.02 Å². The Morgan fingerprint density at radius 3 is 2.65 bits per heavy atom. The Bertz CT molecular complexity index is 1060. The van der Waals surface area contributed by atoms with Crippen LogP contribution in [0.3, 0.4) is 0 Å². The molecule has 2 N–H and O–H groups in total. The maximum absolute atomic E-state index is 12.9. The van der Waals surface area contributed by atoms with Gasteiger partial charge in [0.05, 0.1) is 28.6 Å². The van der Waals surface area contributed by atoms with E-state index in [1.54, 1.807) is 34.9 Å². The lowest BCUT2D eigenvalue weighted by Crippen LogP contribution is -2.15. The maximum Gasteiger partial charge on any atom is 0.416 e. The standard InChI is InChI=1S/C20H19ClF3N5OS/c1-2-29-17(11-25-14-7-5-6-13(10-14)20(22,23)24)27-28-19(29)31-12-18(30)26-16-9-4-3-8-15(16)21/h3-10,25H,2,11-12H2,1H3,(H,26,30). The van der Waals surface area contributed by atoms with E-state index in [-0.39, 0.29) is 18.2 Å². The number of amides is 1. The molecule has 0 aliphatic heterocycles. The topological polar surface area (TPSA) is 71.8 Å². The molecule has 3 aromatic rings. The average molecular weight is 470 g/mol. The van der Waals surface area contributed by atoms with Gasteiger partial charge < -0.3 is 15.2 Å². The van der Waals surface area contributed by atoms with Crippen LogP contribution in [0.1, 0.15) is 18.3 Å². The number of aromatic nitrogens is 3. The monoisotopic (exact) mass is 469 g/mol. The largest absolute Gasteiger partial charge is 0.416 e. The van der Waals surface area contributed by atoms with E-state index in [9.17, 15) is 18.0 Å². The number of carbonyl (C=O) groups is 1. The summed E-state index contributed by atoms with van der Waals surface area (Å²) in [7, 11) is 0. The number of nitrogens with zero attached hydrogens (tertiary/aromatic N) is 3. The highest BCUT2D eigenvalue weighted by molar-refractivity contribution is 7.99. The Morgan fingerprint density at radius 2 is 1.94 bits per heavy atom. The van der Waals surface area contributed by atoms with Gasteiger partial charge in [-0.05, 0) is 37.3 Å². The van der Waals surface area contributed by atoms with Crippen LogP contribution in [0.25, 0.3) is 0 Å². The second kappa shape index (κ2) is 10.1. The highest BCUT2D eigenvalue weighted by Gasteiger charge is 2.30. The van der Waals surface area contributed by atoms with Crippen molar-refractivity contribution >= 4 is 40.6 Å². The smallest absolute Gasteiger partial charge is 0.378 e. The van der Waals surface area contributed by atoms with Gasteiger partial charge in [-0.3, -0.25) is 4.79 Å². The summed E-state index contributed by atoms with van der Waals surface area (Å²) in [6, 6.07) is 11.9. The minimum absolute atomic E-state index is 0.102. The number of rotatable bonds is 8. The number of halogens is 4. The van der Waals surface area contributed by atoms with E-state index in [4.69, 9.17) is 11.6 Å². The molecule has 1 aromatic heterocycles. The van der Waals surface area contributed by atoms with E-state index in [1.807, 2.05) is 6.92 Å². The van der Waals surface area contributed by atoms with Gasteiger partial charge in [0.25, 0.3) is 0 Å². The van der Waals surface area contributed by atoms with Crippen molar-refractivity contribution in [3.63, 3.8) is 0 Å². The number of carbonyl (C=O) groups excluding carboxylic acids is 1. The highest BCUT2D eigenvalue weighted by Crippen LogP contribution is 2.30. The Balaban J connectivity index is 1.60. The number of hydrogen-bond donors (Lipinski definition) is 2. The molecule has 3 rings (SSSR count). The van der Waals surface area contributed by atoms with Gasteiger partial charge in [-0.2, -0.15) is 13.2 Å². The van der Waals surface area contributed by atoms with Crippen molar-refractivity contribution in [1.29, 1.82) is 0 Å². The van der Waals surface area contributed by atoms with Gasteiger partial charge in [-0.15, -0.1) is 10.2 Å². The first kappa shape index (κ1) is 23.0. The van der Waals surface area contributed by atoms with Gasteiger partial charge in [-0.25, -0.2) is 0 Å². The van der Waals surface area contributed by atoms with Gasteiger partial charge >= 0.3 is 6.18 Å². The third-order valence-corrected chi connectivity index (χ3v) is 5.53. The molecule has 1 amide bonds. The third kappa shape index (κ3) is 6.14. The molecular weight excluding hydrogens is 451 g/mol. The van der Waals surface area contributed by atoms with Crippen LogP contribution in [0, 0.1) is 0 Å². The molecule has 0 bridgehead atoms. The first-order chi connectivity index (χ1) is 14.8. The van der Waals surface area contributed by atoms with Gasteiger partial charge in [0.15, 0.2) is 11.0 Å². The van der Waals surface area contributed by atoms with Crippen molar-refractivity contribution in [1.82, 2.24) is 14.8 Å². The minimum atomic E-state index is -4.41. The van der Waals surface area contributed by atoms with Gasteiger partial charge in [0.1, 0.15) is 0 Å². The van der Waals surface area contributed by atoms with Crippen molar-refractivity contribution in [2.45, 2.75) is 31.3 Å². The summed E-state index contributed by atoms with van der Waals surface area (Å²) in [5.74, 6) is 0.408. The summed E-state index contributed by atoms with van der Waals surface area (Å²) >= 11 is 7.25. The third-order valence-electron chi connectivity index (χ3n) is 4.23. The van der Waals surface area contributed by atoms with Crippen LogP contribution in [0.15, 0.2) is 53.7 Å². The zero-order valence-electron chi connectivity index (χ0n) is 16.4. The lowest BCUT2D eigenvalue weighted by molar-refractivity contribution is -0.137. The normalized spacial score (nSPS) is 11.4. The van der Waals surface area contributed by atoms with Crippen LogP contribution in [0.5, 0.6) is 0 Å². The second-order valence-electron chi connectivity index (χ2n) is 6.39. The molecular formula is C20H19ClF3N5OS. The number of alkyl halides is 3. The molecule has 0 unspecified atom stereocenters. The van der Waals surface area contributed by atoms with Gasteiger partial charge in [-0.1, -0.05) is 41.6 Å². The highest BCUT2D eigenvalue weighted by atomic mass is 35.5. The molecule has 11 heteroatoms. The zero-order chi connectivity index (χ0) is 22.4. The van der Waals surface area contributed by atoms with E-state index < -0.39 is 11.7 Å².